The largest absolute Gasteiger partial charge is 0.320 e. The highest BCUT2D eigenvalue weighted by atomic mass is 15.0. The summed E-state index contributed by atoms with van der Waals surface area (Å²) in [5, 5.41) is 2.77. The van der Waals surface area contributed by atoms with Crippen molar-refractivity contribution in [3.63, 3.8) is 0 Å². The van der Waals surface area contributed by atoms with Gasteiger partial charge in [0.05, 0.1) is 5.69 Å². The van der Waals surface area contributed by atoms with E-state index in [4.69, 9.17) is 0 Å². The first-order valence-electron chi connectivity index (χ1n) is 8.52. The van der Waals surface area contributed by atoms with E-state index in [1.54, 1.807) is 0 Å². The van der Waals surface area contributed by atoms with Crippen molar-refractivity contribution >= 4 is 10.8 Å². The van der Waals surface area contributed by atoms with Crippen LogP contribution in [0.3, 0.4) is 0 Å². The predicted molar refractivity (Wildman–Crippen MR) is 101 cm³/mol. The molecule has 24 heavy (non-hydrogen) atoms. The first-order valence-corrected chi connectivity index (χ1v) is 8.52. The Morgan fingerprint density at radius 2 is 1.54 bits per heavy atom. The van der Waals surface area contributed by atoms with Crippen molar-refractivity contribution in [2.75, 3.05) is 0 Å². The highest BCUT2D eigenvalue weighted by molar-refractivity contribution is 6.02. The van der Waals surface area contributed by atoms with E-state index in [0.29, 0.717) is 0 Å². The molecule has 0 atom stereocenters. The molecular weight excluding hydrogens is 290 g/mol. The lowest BCUT2D eigenvalue weighted by molar-refractivity contribution is 1.01. The van der Waals surface area contributed by atoms with Gasteiger partial charge in [-0.1, -0.05) is 48.5 Å². The molecule has 0 spiro atoms. The summed E-state index contributed by atoms with van der Waals surface area (Å²) in [5.41, 5.74) is 9.71. The Labute approximate surface area is 142 Å². The summed E-state index contributed by atoms with van der Waals surface area (Å²) < 4.78 is 2.35. The van der Waals surface area contributed by atoms with Crippen molar-refractivity contribution < 1.29 is 0 Å². The van der Waals surface area contributed by atoms with Crippen molar-refractivity contribution in [3.8, 4) is 16.8 Å². The molecule has 116 valence electrons. The molecule has 4 aromatic rings. The maximum absolute atomic E-state index is 2.35. The van der Waals surface area contributed by atoms with Crippen LogP contribution in [0.25, 0.3) is 27.6 Å². The van der Waals surface area contributed by atoms with Gasteiger partial charge in [-0.15, -0.1) is 0 Å². The fourth-order valence-electron chi connectivity index (χ4n) is 4.27. The summed E-state index contributed by atoms with van der Waals surface area (Å²) in [6.07, 6.45) is 3.22. The fraction of sp³-hybridized carbons (Fsp3) is 0.130. The molecule has 1 aliphatic rings. The molecular formula is C23H19N. The van der Waals surface area contributed by atoms with Crippen molar-refractivity contribution in [2.45, 2.75) is 20.3 Å². The third kappa shape index (κ3) is 1.70. The van der Waals surface area contributed by atoms with Crippen molar-refractivity contribution in [1.82, 2.24) is 4.57 Å². The van der Waals surface area contributed by atoms with Crippen LogP contribution in [0.15, 0.2) is 66.9 Å². The van der Waals surface area contributed by atoms with Gasteiger partial charge in [0.15, 0.2) is 0 Å². The first kappa shape index (κ1) is 13.6. The summed E-state index contributed by atoms with van der Waals surface area (Å²) in [5.74, 6) is 0. The Hall–Kier alpha value is -2.80. The minimum absolute atomic E-state index is 1.03. The smallest absolute Gasteiger partial charge is 0.0569 e. The van der Waals surface area contributed by atoms with E-state index in [9.17, 15) is 0 Å². The summed E-state index contributed by atoms with van der Waals surface area (Å²) in [6.45, 7) is 4.44. The van der Waals surface area contributed by atoms with Crippen LogP contribution in [0.1, 0.15) is 22.4 Å². The summed E-state index contributed by atoms with van der Waals surface area (Å²) in [4.78, 5) is 0. The van der Waals surface area contributed by atoms with E-state index in [2.05, 4.69) is 85.3 Å². The number of benzene rings is 3. The van der Waals surface area contributed by atoms with E-state index in [1.165, 1.54) is 50.0 Å². The van der Waals surface area contributed by atoms with Crippen LogP contribution in [0.5, 0.6) is 0 Å². The maximum Gasteiger partial charge on any atom is 0.0569 e. The molecule has 1 nitrogen and oxygen atoms in total. The lowest BCUT2D eigenvalue weighted by Crippen LogP contribution is -2.02. The number of rotatable bonds is 1. The second-order valence-electron chi connectivity index (χ2n) is 6.73. The van der Waals surface area contributed by atoms with Crippen LogP contribution in [0.4, 0.5) is 0 Å². The number of aryl methyl sites for hydroxylation is 2. The lowest BCUT2D eigenvalue weighted by atomic mass is 9.92. The molecule has 0 amide bonds. The first-order chi connectivity index (χ1) is 11.8. The summed E-state index contributed by atoms with van der Waals surface area (Å²) >= 11 is 0. The van der Waals surface area contributed by atoms with Gasteiger partial charge in [0, 0.05) is 17.5 Å². The molecule has 5 rings (SSSR count). The average Bonchev–Trinajstić information content (AvgIpc) is 3.20. The summed E-state index contributed by atoms with van der Waals surface area (Å²) in [6, 6.07) is 22.0. The van der Waals surface area contributed by atoms with E-state index in [1.807, 2.05) is 0 Å². The van der Waals surface area contributed by atoms with Crippen LogP contribution in [0, 0.1) is 13.8 Å². The molecule has 0 saturated heterocycles. The van der Waals surface area contributed by atoms with Crippen molar-refractivity contribution in [1.29, 1.82) is 0 Å². The highest BCUT2D eigenvalue weighted by Crippen LogP contribution is 2.46. The lowest BCUT2D eigenvalue weighted by Gasteiger charge is -2.19. The minimum Gasteiger partial charge on any atom is -0.320 e. The second-order valence-corrected chi connectivity index (χ2v) is 6.73. The SMILES string of the molecule is Cc1c(-n2cccc2C)c2c(c3ccccc13)Cc1ccccc1-2. The Morgan fingerprint density at radius 3 is 2.33 bits per heavy atom. The van der Waals surface area contributed by atoms with Gasteiger partial charge in [-0.2, -0.15) is 0 Å². The fourth-order valence-corrected chi connectivity index (χ4v) is 4.27. The number of hydrogen-bond donors (Lipinski definition) is 0. The molecule has 1 heteroatoms. The Balaban J connectivity index is 2.00. The molecule has 1 aromatic heterocycles. The molecule has 0 N–H and O–H groups in total. The van der Waals surface area contributed by atoms with Crippen LogP contribution in [-0.2, 0) is 6.42 Å². The molecule has 0 fully saturated rings. The van der Waals surface area contributed by atoms with Crippen LogP contribution in [-0.4, -0.2) is 4.57 Å². The number of hydrogen-bond acceptors (Lipinski definition) is 0. The van der Waals surface area contributed by atoms with Crippen LogP contribution in [0.2, 0.25) is 0 Å². The van der Waals surface area contributed by atoms with E-state index >= 15 is 0 Å². The highest BCUT2D eigenvalue weighted by Gasteiger charge is 2.26. The molecule has 0 radical (unpaired) electrons. The average molecular weight is 309 g/mol. The third-order valence-corrected chi connectivity index (χ3v) is 5.40. The number of fused-ring (bicyclic) bond motifs is 5. The Bertz CT molecular complexity index is 1100. The number of aromatic nitrogens is 1. The Morgan fingerprint density at radius 1 is 0.792 bits per heavy atom. The molecule has 0 bridgehead atoms. The summed E-state index contributed by atoms with van der Waals surface area (Å²) in [7, 11) is 0. The zero-order valence-corrected chi connectivity index (χ0v) is 14.0. The zero-order chi connectivity index (χ0) is 16.3. The van der Waals surface area contributed by atoms with Gasteiger partial charge < -0.3 is 4.57 Å². The van der Waals surface area contributed by atoms with Crippen molar-refractivity contribution in [2.24, 2.45) is 0 Å². The number of nitrogens with zero attached hydrogens (tertiary/aromatic N) is 1. The molecule has 0 unspecified atom stereocenters. The molecule has 1 heterocycles. The van der Waals surface area contributed by atoms with Gasteiger partial charge in [-0.25, -0.2) is 0 Å². The minimum atomic E-state index is 1.03. The maximum atomic E-state index is 2.35. The van der Waals surface area contributed by atoms with Gasteiger partial charge in [-0.05, 0) is 65.4 Å². The van der Waals surface area contributed by atoms with Gasteiger partial charge in [0.2, 0.25) is 0 Å². The predicted octanol–water partition coefficient (Wildman–Crippen LogP) is 5.82. The van der Waals surface area contributed by atoms with E-state index < -0.39 is 0 Å². The molecule has 0 saturated carbocycles. The standard InChI is InChI=1S/C23H19N/c1-15-8-7-13-24(15)23-16(2)18-10-5-6-12-20(18)21-14-17-9-3-4-11-19(17)22(21)23/h3-13H,14H2,1-2H3. The van der Waals surface area contributed by atoms with Gasteiger partial charge in [0.25, 0.3) is 0 Å². The van der Waals surface area contributed by atoms with Crippen molar-refractivity contribution in [3.05, 3.63) is 89.2 Å². The van der Waals surface area contributed by atoms with Gasteiger partial charge in [-0.3, -0.25) is 0 Å². The topological polar surface area (TPSA) is 4.93 Å². The normalized spacial score (nSPS) is 12.4. The second kappa shape index (κ2) is 4.85. The van der Waals surface area contributed by atoms with Crippen LogP contribution >= 0.6 is 0 Å². The molecule has 3 aromatic carbocycles. The van der Waals surface area contributed by atoms with Gasteiger partial charge >= 0.3 is 0 Å². The monoisotopic (exact) mass is 309 g/mol. The quantitative estimate of drug-likeness (QED) is 0.368. The Kier molecular flexibility index (Phi) is 2.75. The zero-order valence-electron chi connectivity index (χ0n) is 14.0. The van der Waals surface area contributed by atoms with Crippen LogP contribution < -0.4 is 0 Å². The molecule has 1 aliphatic carbocycles. The third-order valence-electron chi connectivity index (χ3n) is 5.40. The van der Waals surface area contributed by atoms with E-state index in [0.717, 1.165) is 6.42 Å². The van der Waals surface area contributed by atoms with E-state index in [-0.39, 0.29) is 0 Å². The van der Waals surface area contributed by atoms with Gasteiger partial charge in [0.1, 0.15) is 0 Å². The molecule has 0 aliphatic heterocycles.